The van der Waals surface area contributed by atoms with Gasteiger partial charge in [0.25, 0.3) is 0 Å². The zero-order valence-corrected chi connectivity index (χ0v) is 22.8. The van der Waals surface area contributed by atoms with E-state index in [4.69, 9.17) is 0 Å². The third-order valence-electron chi connectivity index (χ3n) is 6.80. The van der Waals surface area contributed by atoms with Crippen LogP contribution in [0.4, 0.5) is 0 Å². The van der Waals surface area contributed by atoms with Gasteiger partial charge < -0.3 is 31.5 Å². The number of benzene rings is 1. The number of carbonyl (C=O) groups excluding carboxylic acids is 4. The summed E-state index contributed by atoms with van der Waals surface area (Å²) in [5.74, 6) is -2.47. The minimum absolute atomic E-state index is 0.0749. The van der Waals surface area contributed by atoms with Crippen molar-refractivity contribution in [2.75, 3.05) is 18.1 Å². The van der Waals surface area contributed by atoms with Crippen molar-refractivity contribution >= 4 is 51.2 Å². The molecular formula is C25H34N4O7S2. The van der Waals surface area contributed by atoms with E-state index in [1.807, 2.05) is 0 Å². The molecule has 1 saturated heterocycles. The number of hydrogen-bond acceptors (Lipinski definition) is 8. The van der Waals surface area contributed by atoms with Gasteiger partial charge in [-0.15, -0.1) is 0 Å². The molecule has 0 aromatic heterocycles. The van der Waals surface area contributed by atoms with Crippen LogP contribution in [0.5, 0.6) is 5.75 Å². The van der Waals surface area contributed by atoms with Crippen molar-refractivity contribution in [3.8, 4) is 5.75 Å². The molecule has 1 aliphatic heterocycles. The summed E-state index contributed by atoms with van der Waals surface area (Å²) in [6, 6.07) is 3.29. The second-order valence-corrected chi connectivity index (χ2v) is 12.2. The molecule has 1 spiro atoms. The molecule has 0 radical (unpaired) electrons. The number of aliphatic carboxylic acids is 1. The summed E-state index contributed by atoms with van der Waals surface area (Å²) in [7, 11) is 2.41. The zero-order chi connectivity index (χ0) is 27.7. The molecule has 3 atom stereocenters. The Bertz CT molecular complexity index is 1030. The lowest BCUT2D eigenvalue weighted by Crippen LogP contribution is -2.55. The molecule has 0 bridgehead atoms. The summed E-state index contributed by atoms with van der Waals surface area (Å²) >= 11 is 0. The van der Waals surface area contributed by atoms with Crippen molar-refractivity contribution in [2.24, 2.45) is 5.41 Å². The maximum Gasteiger partial charge on any atom is 0.327 e. The average molecular weight is 567 g/mol. The van der Waals surface area contributed by atoms with E-state index in [-0.39, 0.29) is 36.1 Å². The maximum atomic E-state index is 13.2. The highest BCUT2D eigenvalue weighted by Gasteiger charge is 2.42. The molecule has 1 aromatic rings. The number of phenols is 1. The van der Waals surface area contributed by atoms with Gasteiger partial charge in [0.2, 0.25) is 23.6 Å². The van der Waals surface area contributed by atoms with E-state index < -0.39 is 47.2 Å². The second-order valence-electron chi connectivity index (χ2n) is 9.65. The van der Waals surface area contributed by atoms with Crippen molar-refractivity contribution in [1.82, 2.24) is 21.3 Å². The topological polar surface area (TPSA) is 174 Å². The van der Waals surface area contributed by atoms with Gasteiger partial charge in [0.05, 0.1) is 5.41 Å². The first kappa shape index (κ1) is 29.6. The summed E-state index contributed by atoms with van der Waals surface area (Å²) in [6.45, 7) is 1.50. The first-order valence-corrected chi connectivity index (χ1v) is 15.0. The lowest BCUT2D eigenvalue weighted by molar-refractivity contribution is -0.143. The van der Waals surface area contributed by atoms with E-state index in [1.54, 1.807) is 12.1 Å². The number of carboxylic acids is 1. The largest absolute Gasteiger partial charge is 0.508 e. The first-order chi connectivity index (χ1) is 18.1. The summed E-state index contributed by atoms with van der Waals surface area (Å²) in [4.78, 5) is 62.9. The fraction of sp³-hybridized carbons (Fsp3) is 0.560. The Morgan fingerprint density at radius 1 is 1.08 bits per heavy atom. The summed E-state index contributed by atoms with van der Waals surface area (Å²) in [6.07, 6.45) is 3.48. The summed E-state index contributed by atoms with van der Waals surface area (Å²) in [5.41, 5.74) is -0.0218. The van der Waals surface area contributed by atoms with Crippen molar-refractivity contribution in [2.45, 2.75) is 63.6 Å². The maximum absolute atomic E-state index is 13.2. The van der Waals surface area contributed by atoms with Crippen LogP contribution in [0, 0.1) is 5.41 Å². The predicted octanol–water partition coefficient (Wildman–Crippen LogP) is 0.955. The number of carboxylic acid groups (broad SMARTS) is 1. The van der Waals surface area contributed by atoms with E-state index in [1.165, 1.54) is 40.6 Å². The number of amides is 4. The fourth-order valence-electron chi connectivity index (χ4n) is 4.69. The van der Waals surface area contributed by atoms with E-state index >= 15 is 0 Å². The Morgan fingerprint density at radius 3 is 2.37 bits per heavy atom. The third kappa shape index (κ3) is 8.29. The number of phenolic OH excluding ortho intramolecular Hbond substituents is 1. The Kier molecular flexibility index (Phi) is 10.7. The fourth-order valence-corrected chi connectivity index (χ4v) is 7.01. The molecule has 4 amide bonds. The molecule has 38 heavy (non-hydrogen) atoms. The van der Waals surface area contributed by atoms with Crippen LogP contribution in [0.1, 0.15) is 44.6 Å². The lowest BCUT2D eigenvalue weighted by Gasteiger charge is -2.29. The van der Waals surface area contributed by atoms with Gasteiger partial charge in [0.1, 0.15) is 23.9 Å². The van der Waals surface area contributed by atoms with Crippen LogP contribution in [-0.2, 0) is 30.4 Å². The van der Waals surface area contributed by atoms with Crippen LogP contribution in [0.25, 0.3) is 0 Å². The molecule has 1 aromatic carbocycles. The Morgan fingerprint density at radius 2 is 1.74 bits per heavy atom. The van der Waals surface area contributed by atoms with Crippen LogP contribution in [0.3, 0.4) is 0 Å². The number of carbonyl (C=O) groups is 5. The first-order valence-electron chi connectivity index (χ1n) is 12.5. The van der Waals surface area contributed by atoms with Gasteiger partial charge in [-0.1, -0.05) is 46.6 Å². The molecule has 1 saturated carbocycles. The average Bonchev–Trinajstić information content (AvgIpc) is 3.35. The molecule has 2 aliphatic rings. The Hall–Kier alpha value is -2.93. The van der Waals surface area contributed by atoms with Crippen molar-refractivity contribution in [3.05, 3.63) is 29.8 Å². The van der Waals surface area contributed by atoms with Gasteiger partial charge in [-0.3, -0.25) is 19.2 Å². The van der Waals surface area contributed by atoms with Crippen LogP contribution in [0.2, 0.25) is 0 Å². The van der Waals surface area contributed by atoms with Crippen molar-refractivity contribution in [1.29, 1.82) is 0 Å². The smallest absolute Gasteiger partial charge is 0.327 e. The summed E-state index contributed by atoms with van der Waals surface area (Å²) in [5, 5.41) is 30.0. The predicted molar refractivity (Wildman–Crippen MR) is 144 cm³/mol. The molecule has 13 heteroatoms. The standard InChI is InChI=1S/C25H34N4O7S2/c1-15(30)27-18(12-16-4-6-17(31)7-5-16)22(33)28-19-13-37-38-14-20(23(34)35)29-24(36)25(8-2-3-9-25)10-11-26-21(19)32/h4-7,18-20,31H,2-3,8-14H2,1H3,(H,26,32)(H,27,30)(H,28,33)(H,29,36)(H,34,35)/t18-,19?,20-/m0/s1. The van der Waals surface area contributed by atoms with Gasteiger partial charge in [0.15, 0.2) is 0 Å². The van der Waals surface area contributed by atoms with Crippen LogP contribution < -0.4 is 21.3 Å². The summed E-state index contributed by atoms with van der Waals surface area (Å²) < 4.78 is 0. The normalized spacial score (nSPS) is 23.1. The highest BCUT2D eigenvalue weighted by Crippen LogP contribution is 2.41. The van der Waals surface area contributed by atoms with Crippen LogP contribution >= 0.6 is 21.6 Å². The quantitative estimate of drug-likeness (QED) is 0.274. The minimum Gasteiger partial charge on any atom is -0.508 e. The molecule has 2 fully saturated rings. The molecule has 11 nitrogen and oxygen atoms in total. The Labute approximate surface area is 229 Å². The molecule has 3 rings (SSSR count). The number of aromatic hydroxyl groups is 1. The zero-order valence-electron chi connectivity index (χ0n) is 21.2. The molecular weight excluding hydrogens is 532 g/mol. The SMILES string of the molecule is CC(=O)N[C@@H](Cc1ccc(O)cc1)C(=O)NC1CSSC[C@@H](C(=O)O)NC(=O)C2(CCCC2)CCNC1=O. The molecule has 6 N–H and O–H groups in total. The van der Waals surface area contributed by atoms with E-state index in [2.05, 4.69) is 21.3 Å². The van der Waals surface area contributed by atoms with Gasteiger partial charge in [-0.2, -0.15) is 0 Å². The van der Waals surface area contributed by atoms with Gasteiger partial charge in [-0.25, -0.2) is 4.79 Å². The minimum atomic E-state index is -1.12. The molecule has 1 aliphatic carbocycles. The monoisotopic (exact) mass is 566 g/mol. The number of hydrogen-bond donors (Lipinski definition) is 6. The van der Waals surface area contributed by atoms with Crippen LogP contribution in [-0.4, -0.2) is 76.0 Å². The highest BCUT2D eigenvalue weighted by molar-refractivity contribution is 8.76. The number of nitrogens with one attached hydrogen (secondary N) is 4. The van der Waals surface area contributed by atoms with E-state index in [0.29, 0.717) is 24.8 Å². The second kappa shape index (κ2) is 13.7. The molecule has 1 heterocycles. The van der Waals surface area contributed by atoms with Gasteiger partial charge in [0, 0.05) is 31.4 Å². The molecule has 1 unspecified atom stereocenters. The van der Waals surface area contributed by atoms with Crippen LogP contribution in [0.15, 0.2) is 24.3 Å². The van der Waals surface area contributed by atoms with Gasteiger partial charge in [-0.05, 0) is 37.0 Å². The van der Waals surface area contributed by atoms with Gasteiger partial charge >= 0.3 is 5.97 Å². The highest BCUT2D eigenvalue weighted by atomic mass is 33.1. The molecule has 208 valence electrons. The van der Waals surface area contributed by atoms with E-state index in [9.17, 15) is 34.2 Å². The van der Waals surface area contributed by atoms with E-state index in [0.717, 1.165) is 12.8 Å². The van der Waals surface area contributed by atoms with Crippen molar-refractivity contribution < 1.29 is 34.2 Å². The lowest BCUT2D eigenvalue weighted by atomic mass is 9.81. The number of rotatable bonds is 6. The Balaban J connectivity index is 1.73. The van der Waals surface area contributed by atoms with Crippen molar-refractivity contribution in [3.63, 3.8) is 0 Å². The third-order valence-corrected chi connectivity index (χ3v) is 9.23.